The maximum absolute atomic E-state index is 13.6. The van der Waals surface area contributed by atoms with Gasteiger partial charge in [0.1, 0.15) is 5.75 Å². The van der Waals surface area contributed by atoms with Gasteiger partial charge in [-0.2, -0.15) is 13.2 Å². The van der Waals surface area contributed by atoms with Crippen LogP contribution in [0.15, 0.2) is 66.4 Å². The normalized spacial score (nSPS) is 14.7. The molecule has 0 saturated heterocycles. The van der Waals surface area contributed by atoms with Crippen LogP contribution >= 0.6 is 0 Å². The number of halogens is 3. The quantitative estimate of drug-likeness (QED) is 0.352. The van der Waals surface area contributed by atoms with Gasteiger partial charge in [0.05, 0.1) is 23.4 Å². The molecule has 0 fully saturated rings. The van der Waals surface area contributed by atoms with Gasteiger partial charge in [-0.1, -0.05) is 12.1 Å². The summed E-state index contributed by atoms with van der Waals surface area (Å²) in [6.45, 7) is 5.18. The molecule has 1 heterocycles. The predicted octanol–water partition coefficient (Wildman–Crippen LogP) is 5.91. The molecule has 0 spiro atoms. The lowest BCUT2D eigenvalue weighted by molar-refractivity contribution is -0.137. The number of alkyl halides is 3. The molecular formula is C27H23F3N2O3. The Morgan fingerprint density at radius 3 is 2.20 bits per heavy atom. The van der Waals surface area contributed by atoms with Crippen LogP contribution in [0.25, 0.3) is 5.57 Å². The van der Waals surface area contributed by atoms with Crippen LogP contribution in [0.5, 0.6) is 5.75 Å². The average molecular weight is 480 g/mol. The molecule has 0 atom stereocenters. The number of aryl methyl sites for hydroxylation is 2. The molecule has 5 nitrogen and oxygen atoms in total. The van der Waals surface area contributed by atoms with Gasteiger partial charge in [0, 0.05) is 22.5 Å². The first kappa shape index (κ1) is 24.1. The summed E-state index contributed by atoms with van der Waals surface area (Å²) in [4.78, 5) is 27.4. The number of nitrogens with zero attached hydrogens (tertiary/aromatic N) is 1. The van der Waals surface area contributed by atoms with Gasteiger partial charge in [-0.15, -0.1) is 0 Å². The highest BCUT2D eigenvalue weighted by molar-refractivity contribution is 6.35. The summed E-state index contributed by atoms with van der Waals surface area (Å²) < 4.78 is 40.4. The number of carbonyl (C=O) groups is 2. The van der Waals surface area contributed by atoms with Gasteiger partial charge in [0.15, 0.2) is 5.78 Å². The van der Waals surface area contributed by atoms with Crippen molar-refractivity contribution in [1.29, 1.82) is 0 Å². The minimum absolute atomic E-state index is 0.0330. The number of Topliss-reactive ketones (excluding diaryl/α,β-unsaturated/α-hetero) is 1. The highest BCUT2D eigenvalue weighted by Crippen LogP contribution is 2.45. The lowest BCUT2D eigenvalue weighted by atomic mass is 10.0. The molecule has 0 aliphatic carbocycles. The second-order valence-corrected chi connectivity index (χ2v) is 8.54. The fourth-order valence-corrected chi connectivity index (χ4v) is 4.19. The number of hydrogen-bond acceptors (Lipinski definition) is 4. The molecule has 2 N–H and O–H groups in total. The molecule has 0 radical (unpaired) electrons. The fourth-order valence-electron chi connectivity index (χ4n) is 4.19. The summed E-state index contributed by atoms with van der Waals surface area (Å²) in [5, 5.41) is 12.3. The van der Waals surface area contributed by atoms with Crippen LogP contribution in [-0.2, 0) is 11.0 Å². The van der Waals surface area contributed by atoms with Crippen molar-refractivity contribution >= 4 is 28.6 Å². The first-order valence-corrected chi connectivity index (χ1v) is 10.9. The van der Waals surface area contributed by atoms with E-state index in [9.17, 15) is 27.9 Å². The minimum atomic E-state index is -4.57. The van der Waals surface area contributed by atoms with E-state index >= 15 is 0 Å². The van der Waals surface area contributed by atoms with Gasteiger partial charge >= 0.3 is 6.18 Å². The number of fused-ring (bicyclic) bond motifs is 1. The number of benzene rings is 3. The van der Waals surface area contributed by atoms with E-state index in [2.05, 4.69) is 5.32 Å². The monoisotopic (exact) mass is 480 g/mol. The third-order valence-corrected chi connectivity index (χ3v) is 5.80. The lowest BCUT2D eigenvalue weighted by Gasteiger charge is -2.20. The summed E-state index contributed by atoms with van der Waals surface area (Å²) in [6.07, 6.45) is -4.57. The number of phenolic OH excluding ortho intramolecular Hbond substituents is 1. The molecular weight excluding hydrogens is 457 g/mol. The van der Waals surface area contributed by atoms with E-state index in [0.29, 0.717) is 22.5 Å². The summed E-state index contributed by atoms with van der Waals surface area (Å²) in [5.74, 6) is -0.716. The van der Waals surface area contributed by atoms with Crippen molar-refractivity contribution in [3.63, 3.8) is 0 Å². The lowest BCUT2D eigenvalue weighted by Crippen LogP contribution is -2.25. The molecule has 8 heteroatoms. The van der Waals surface area contributed by atoms with Gasteiger partial charge in [-0.3, -0.25) is 14.5 Å². The zero-order valence-corrected chi connectivity index (χ0v) is 19.3. The highest BCUT2D eigenvalue weighted by Gasteiger charge is 2.39. The SMILES string of the molecule is CC(NCC(=O)c1ccc(O)cc1)=C1C(=O)N(c2cc(C)cc(C)c2)c2cc(C(F)(F)F)ccc21. The largest absolute Gasteiger partial charge is 0.508 e. The Morgan fingerprint density at radius 2 is 1.60 bits per heavy atom. The van der Waals surface area contributed by atoms with Crippen LogP contribution in [0.3, 0.4) is 0 Å². The van der Waals surface area contributed by atoms with Crippen molar-refractivity contribution in [2.75, 3.05) is 11.4 Å². The molecule has 1 aliphatic heterocycles. The van der Waals surface area contributed by atoms with Crippen LogP contribution < -0.4 is 10.2 Å². The third kappa shape index (κ3) is 4.77. The number of carbonyl (C=O) groups excluding carboxylic acids is 2. The van der Waals surface area contributed by atoms with Gasteiger partial charge in [0.25, 0.3) is 5.91 Å². The summed E-state index contributed by atoms with van der Waals surface area (Å²) in [5.41, 5.74) is 2.78. The van der Waals surface area contributed by atoms with Gasteiger partial charge < -0.3 is 10.4 Å². The summed E-state index contributed by atoms with van der Waals surface area (Å²) >= 11 is 0. The Morgan fingerprint density at radius 1 is 0.971 bits per heavy atom. The zero-order chi connectivity index (χ0) is 25.5. The van der Waals surface area contributed by atoms with Crippen molar-refractivity contribution < 1.29 is 27.9 Å². The maximum Gasteiger partial charge on any atom is 0.416 e. The topological polar surface area (TPSA) is 69.6 Å². The molecule has 0 unspecified atom stereocenters. The molecule has 0 aromatic heterocycles. The number of amides is 1. The number of rotatable bonds is 5. The molecule has 180 valence electrons. The summed E-state index contributed by atoms with van der Waals surface area (Å²) in [7, 11) is 0. The molecule has 35 heavy (non-hydrogen) atoms. The number of phenols is 1. The Labute approximate surface area is 200 Å². The fraction of sp³-hybridized carbons (Fsp3) is 0.185. The number of nitrogens with one attached hydrogen (secondary N) is 1. The standard InChI is InChI=1S/C27H23F3N2O3/c1-15-10-16(2)12-20(11-15)32-23-13-19(27(28,29)30)6-9-22(23)25(26(32)35)17(3)31-14-24(34)18-4-7-21(33)8-5-18/h4-13,31,33H,14H2,1-3H3. The van der Waals surface area contributed by atoms with Crippen LogP contribution in [0.2, 0.25) is 0 Å². The van der Waals surface area contributed by atoms with Gasteiger partial charge in [-0.25, -0.2) is 0 Å². The van der Waals surface area contributed by atoms with Crippen LogP contribution in [0, 0.1) is 13.8 Å². The third-order valence-electron chi connectivity index (χ3n) is 5.80. The molecule has 3 aromatic carbocycles. The first-order valence-electron chi connectivity index (χ1n) is 10.9. The maximum atomic E-state index is 13.6. The number of anilines is 2. The number of ketones is 1. The smallest absolute Gasteiger partial charge is 0.416 e. The van der Waals surface area contributed by atoms with Crippen molar-refractivity contribution in [2.45, 2.75) is 26.9 Å². The first-order chi connectivity index (χ1) is 16.5. The van der Waals surface area contributed by atoms with E-state index in [1.807, 2.05) is 19.9 Å². The Hall–Kier alpha value is -4.07. The highest BCUT2D eigenvalue weighted by atomic mass is 19.4. The Balaban J connectivity index is 1.75. The Bertz CT molecular complexity index is 1340. The molecule has 0 saturated carbocycles. The van der Waals surface area contributed by atoms with E-state index < -0.39 is 17.6 Å². The number of aromatic hydroxyl groups is 1. The van der Waals surface area contributed by atoms with Crippen LogP contribution in [0.1, 0.15) is 39.5 Å². The second-order valence-electron chi connectivity index (χ2n) is 8.54. The zero-order valence-electron chi connectivity index (χ0n) is 19.3. The van der Waals surface area contributed by atoms with Gasteiger partial charge in [-0.05, 0) is 80.4 Å². The average Bonchev–Trinajstić information content (AvgIpc) is 3.07. The molecule has 1 aliphatic rings. The van der Waals surface area contributed by atoms with E-state index in [0.717, 1.165) is 23.3 Å². The summed E-state index contributed by atoms with van der Waals surface area (Å²) in [6, 6.07) is 14.4. The number of hydrogen-bond donors (Lipinski definition) is 2. The Kier molecular flexibility index (Phi) is 6.15. The minimum Gasteiger partial charge on any atom is -0.508 e. The van der Waals surface area contributed by atoms with Crippen molar-refractivity contribution in [2.24, 2.45) is 0 Å². The van der Waals surface area contributed by atoms with Crippen molar-refractivity contribution in [1.82, 2.24) is 5.32 Å². The molecule has 3 aromatic rings. The molecule has 1 amide bonds. The van der Waals surface area contributed by atoms with E-state index in [1.165, 1.54) is 35.2 Å². The van der Waals surface area contributed by atoms with E-state index in [-0.39, 0.29) is 29.3 Å². The van der Waals surface area contributed by atoms with E-state index in [4.69, 9.17) is 0 Å². The van der Waals surface area contributed by atoms with Gasteiger partial charge in [0.2, 0.25) is 0 Å². The molecule has 4 rings (SSSR count). The predicted molar refractivity (Wildman–Crippen MR) is 128 cm³/mol. The number of allylic oxidation sites excluding steroid dienone is 1. The second kappa shape index (κ2) is 8.94. The van der Waals surface area contributed by atoms with Crippen molar-refractivity contribution in [3.8, 4) is 5.75 Å². The molecule has 0 bridgehead atoms. The van der Waals surface area contributed by atoms with E-state index in [1.54, 1.807) is 19.1 Å². The van der Waals surface area contributed by atoms with Crippen LogP contribution in [-0.4, -0.2) is 23.3 Å². The van der Waals surface area contributed by atoms with Crippen molar-refractivity contribution in [3.05, 3.63) is 94.2 Å². The van der Waals surface area contributed by atoms with Crippen LogP contribution in [0.4, 0.5) is 24.5 Å².